The lowest BCUT2D eigenvalue weighted by atomic mass is 10.0. The standard InChI is InChI=1S/C20H15FN4O2/c1-27-18-6-5-12(20(26)24-16-4-2-3-15(21)9-16)8-17(18)13-7-14-11-23-25-19(14)22-10-13/h2-11H,1H3,(H,24,26)(H,22,23,25). The lowest BCUT2D eigenvalue weighted by molar-refractivity contribution is 0.102. The number of aromatic nitrogens is 3. The first kappa shape index (κ1) is 16.7. The zero-order valence-corrected chi connectivity index (χ0v) is 14.4. The minimum atomic E-state index is -0.414. The number of pyridine rings is 1. The second-order valence-electron chi connectivity index (χ2n) is 5.91. The van der Waals surface area contributed by atoms with Gasteiger partial charge in [-0.1, -0.05) is 6.07 Å². The highest BCUT2D eigenvalue weighted by molar-refractivity contribution is 6.05. The van der Waals surface area contributed by atoms with E-state index in [1.54, 1.807) is 43.8 Å². The quantitative estimate of drug-likeness (QED) is 0.574. The van der Waals surface area contributed by atoms with Gasteiger partial charge in [0.2, 0.25) is 0 Å². The maximum atomic E-state index is 13.3. The smallest absolute Gasteiger partial charge is 0.255 e. The Labute approximate surface area is 154 Å². The largest absolute Gasteiger partial charge is 0.496 e. The van der Waals surface area contributed by atoms with E-state index in [2.05, 4.69) is 20.5 Å². The molecule has 1 amide bonds. The third-order valence-corrected chi connectivity index (χ3v) is 4.15. The number of amides is 1. The molecule has 134 valence electrons. The Bertz CT molecular complexity index is 1140. The Kier molecular flexibility index (Phi) is 4.25. The molecule has 0 radical (unpaired) electrons. The fourth-order valence-electron chi connectivity index (χ4n) is 2.83. The van der Waals surface area contributed by atoms with Crippen molar-refractivity contribution in [3.05, 3.63) is 72.3 Å². The SMILES string of the molecule is COc1ccc(C(=O)Nc2cccc(F)c2)cc1-c1cnc2[nH]ncc2c1. The topological polar surface area (TPSA) is 79.9 Å². The summed E-state index contributed by atoms with van der Waals surface area (Å²) in [6.45, 7) is 0. The number of nitrogens with zero attached hydrogens (tertiary/aromatic N) is 2. The van der Waals surface area contributed by atoms with Gasteiger partial charge in [-0.3, -0.25) is 9.89 Å². The number of nitrogens with one attached hydrogen (secondary N) is 2. The van der Waals surface area contributed by atoms with E-state index >= 15 is 0 Å². The Hall–Kier alpha value is -3.74. The molecule has 7 heteroatoms. The highest BCUT2D eigenvalue weighted by Gasteiger charge is 2.13. The zero-order valence-electron chi connectivity index (χ0n) is 14.4. The van der Waals surface area contributed by atoms with Gasteiger partial charge in [-0.25, -0.2) is 9.37 Å². The number of ether oxygens (including phenoxy) is 1. The van der Waals surface area contributed by atoms with Gasteiger partial charge in [0.05, 0.1) is 13.3 Å². The molecular formula is C20H15FN4O2. The molecule has 0 aliphatic rings. The van der Waals surface area contributed by atoms with Crippen molar-refractivity contribution in [1.29, 1.82) is 0 Å². The van der Waals surface area contributed by atoms with E-state index in [1.807, 2.05) is 6.07 Å². The summed E-state index contributed by atoms with van der Waals surface area (Å²) in [5, 5.41) is 10.3. The van der Waals surface area contributed by atoms with Crippen LogP contribution in [0.4, 0.5) is 10.1 Å². The number of H-pyrrole nitrogens is 1. The van der Waals surface area contributed by atoms with Gasteiger partial charge in [0, 0.05) is 34.0 Å². The van der Waals surface area contributed by atoms with Gasteiger partial charge in [0.15, 0.2) is 5.65 Å². The molecule has 0 bridgehead atoms. The minimum absolute atomic E-state index is 0.346. The van der Waals surface area contributed by atoms with Crippen LogP contribution in [0.15, 0.2) is 60.9 Å². The van der Waals surface area contributed by atoms with Crippen molar-refractivity contribution in [3.8, 4) is 16.9 Å². The molecule has 0 unspecified atom stereocenters. The van der Waals surface area contributed by atoms with Crippen molar-refractivity contribution in [2.24, 2.45) is 0 Å². The Morgan fingerprint density at radius 2 is 2.04 bits per heavy atom. The fourth-order valence-corrected chi connectivity index (χ4v) is 2.83. The molecule has 0 spiro atoms. The molecule has 4 aromatic rings. The van der Waals surface area contributed by atoms with Gasteiger partial charge < -0.3 is 10.1 Å². The predicted octanol–water partition coefficient (Wildman–Crippen LogP) is 4.02. The van der Waals surface area contributed by atoms with E-state index in [0.29, 0.717) is 22.6 Å². The van der Waals surface area contributed by atoms with Crippen LogP contribution in [0.2, 0.25) is 0 Å². The summed E-state index contributed by atoms with van der Waals surface area (Å²) in [4.78, 5) is 16.9. The van der Waals surface area contributed by atoms with Crippen molar-refractivity contribution < 1.29 is 13.9 Å². The summed E-state index contributed by atoms with van der Waals surface area (Å²) < 4.78 is 18.8. The molecule has 0 fully saturated rings. The van der Waals surface area contributed by atoms with E-state index in [1.165, 1.54) is 18.2 Å². The van der Waals surface area contributed by atoms with Crippen LogP contribution in [-0.4, -0.2) is 28.2 Å². The third-order valence-electron chi connectivity index (χ3n) is 4.15. The van der Waals surface area contributed by atoms with Gasteiger partial charge >= 0.3 is 0 Å². The Morgan fingerprint density at radius 1 is 1.15 bits per heavy atom. The summed E-state index contributed by atoms with van der Waals surface area (Å²) in [5.41, 5.74) is 3.00. The molecule has 0 aliphatic carbocycles. The molecule has 2 N–H and O–H groups in total. The van der Waals surface area contributed by atoms with Gasteiger partial charge in [-0.05, 0) is 42.5 Å². The summed E-state index contributed by atoms with van der Waals surface area (Å²) >= 11 is 0. The number of hydrogen-bond donors (Lipinski definition) is 2. The van der Waals surface area contributed by atoms with Crippen molar-refractivity contribution in [1.82, 2.24) is 15.2 Å². The van der Waals surface area contributed by atoms with Crippen LogP contribution >= 0.6 is 0 Å². The first-order valence-corrected chi connectivity index (χ1v) is 8.18. The van der Waals surface area contributed by atoms with Gasteiger partial charge in [0.25, 0.3) is 5.91 Å². The van der Waals surface area contributed by atoms with E-state index < -0.39 is 5.82 Å². The Morgan fingerprint density at radius 3 is 2.85 bits per heavy atom. The minimum Gasteiger partial charge on any atom is -0.496 e. The summed E-state index contributed by atoms with van der Waals surface area (Å²) in [6, 6.07) is 12.8. The van der Waals surface area contributed by atoms with Crippen LogP contribution in [0.3, 0.4) is 0 Å². The first-order chi connectivity index (χ1) is 13.1. The van der Waals surface area contributed by atoms with Crippen molar-refractivity contribution in [2.75, 3.05) is 12.4 Å². The average Bonchev–Trinajstić information content (AvgIpc) is 3.15. The molecule has 0 atom stereocenters. The summed E-state index contributed by atoms with van der Waals surface area (Å²) in [5.74, 6) is -0.147. The first-order valence-electron chi connectivity index (χ1n) is 8.18. The normalized spacial score (nSPS) is 10.7. The van der Waals surface area contributed by atoms with E-state index in [9.17, 15) is 9.18 Å². The molecule has 0 aliphatic heterocycles. The summed E-state index contributed by atoms with van der Waals surface area (Å²) in [6.07, 6.45) is 3.37. The molecule has 4 rings (SSSR count). The van der Waals surface area contributed by atoms with Crippen LogP contribution in [0.1, 0.15) is 10.4 Å². The molecule has 2 heterocycles. The highest BCUT2D eigenvalue weighted by Crippen LogP contribution is 2.32. The van der Waals surface area contributed by atoms with Crippen molar-refractivity contribution in [2.45, 2.75) is 0 Å². The number of fused-ring (bicyclic) bond motifs is 1. The number of hydrogen-bond acceptors (Lipinski definition) is 4. The summed E-state index contributed by atoms with van der Waals surface area (Å²) in [7, 11) is 1.56. The predicted molar refractivity (Wildman–Crippen MR) is 100 cm³/mol. The fraction of sp³-hybridized carbons (Fsp3) is 0.0500. The van der Waals surface area contributed by atoms with Crippen LogP contribution in [0, 0.1) is 5.82 Å². The van der Waals surface area contributed by atoms with Crippen LogP contribution in [0.25, 0.3) is 22.2 Å². The molecule has 6 nitrogen and oxygen atoms in total. The van der Waals surface area contributed by atoms with E-state index in [4.69, 9.17) is 4.74 Å². The second kappa shape index (κ2) is 6.87. The number of methoxy groups -OCH3 is 1. The van der Waals surface area contributed by atoms with E-state index in [0.717, 1.165) is 16.5 Å². The van der Waals surface area contributed by atoms with Gasteiger partial charge in [-0.15, -0.1) is 0 Å². The second-order valence-corrected chi connectivity index (χ2v) is 5.91. The molecular weight excluding hydrogens is 347 g/mol. The van der Waals surface area contributed by atoms with Crippen LogP contribution in [-0.2, 0) is 0 Å². The van der Waals surface area contributed by atoms with Crippen LogP contribution < -0.4 is 10.1 Å². The maximum Gasteiger partial charge on any atom is 0.255 e. The van der Waals surface area contributed by atoms with Crippen LogP contribution in [0.5, 0.6) is 5.75 Å². The average molecular weight is 362 g/mol. The molecule has 2 aromatic carbocycles. The number of carbonyl (C=O) groups excluding carboxylic acids is 1. The Balaban J connectivity index is 1.70. The number of benzene rings is 2. The van der Waals surface area contributed by atoms with Gasteiger partial charge in [-0.2, -0.15) is 5.10 Å². The third kappa shape index (κ3) is 3.35. The zero-order chi connectivity index (χ0) is 18.8. The molecule has 0 saturated heterocycles. The van der Waals surface area contributed by atoms with Crippen molar-refractivity contribution >= 4 is 22.6 Å². The number of anilines is 1. The monoisotopic (exact) mass is 362 g/mol. The van der Waals surface area contributed by atoms with Gasteiger partial charge in [0.1, 0.15) is 11.6 Å². The lowest BCUT2D eigenvalue weighted by Gasteiger charge is -2.11. The molecule has 27 heavy (non-hydrogen) atoms. The number of aromatic amines is 1. The lowest BCUT2D eigenvalue weighted by Crippen LogP contribution is -2.12. The molecule has 2 aromatic heterocycles. The van der Waals surface area contributed by atoms with Crippen molar-refractivity contribution in [3.63, 3.8) is 0 Å². The highest BCUT2D eigenvalue weighted by atomic mass is 19.1. The number of rotatable bonds is 4. The number of halogens is 1. The van der Waals surface area contributed by atoms with E-state index in [-0.39, 0.29) is 5.91 Å². The molecule has 0 saturated carbocycles. The number of carbonyl (C=O) groups is 1. The maximum absolute atomic E-state index is 13.3.